The van der Waals surface area contributed by atoms with Crippen LogP contribution in [0.25, 0.3) is 10.8 Å². The predicted molar refractivity (Wildman–Crippen MR) is 76.8 cm³/mol. The Labute approximate surface area is 109 Å². The molecule has 0 spiro atoms. The van der Waals surface area contributed by atoms with Crippen LogP contribution in [0.5, 0.6) is 0 Å². The Morgan fingerprint density at radius 1 is 1.11 bits per heavy atom. The Hall–Kier alpha value is -1.64. The lowest BCUT2D eigenvalue weighted by atomic mass is 9.90. The molecule has 96 valence electrons. The van der Waals surface area contributed by atoms with Crippen LogP contribution in [0, 0.1) is 12.3 Å². The van der Waals surface area contributed by atoms with Crippen molar-refractivity contribution in [1.29, 1.82) is 0 Å². The van der Waals surface area contributed by atoms with Crippen molar-refractivity contribution < 1.29 is 0 Å². The molecule has 3 heteroatoms. The summed E-state index contributed by atoms with van der Waals surface area (Å²) >= 11 is 0. The summed E-state index contributed by atoms with van der Waals surface area (Å²) in [5, 5.41) is 14.3. The van der Waals surface area contributed by atoms with Gasteiger partial charge >= 0.3 is 0 Å². The molecule has 0 saturated heterocycles. The first-order valence-corrected chi connectivity index (χ1v) is 6.49. The zero-order valence-corrected chi connectivity index (χ0v) is 11.6. The van der Waals surface area contributed by atoms with Gasteiger partial charge in [-0.05, 0) is 18.8 Å². The topological polar surface area (TPSA) is 37.8 Å². The van der Waals surface area contributed by atoms with Gasteiger partial charge in [-0.2, -0.15) is 5.10 Å². The summed E-state index contributed by atoms with van der Waals surface area (Å²) in [4.78, 5) is 0. The lowest BCUT2D eigenvalue weighted by Crippen LogP contribution is -2.22. The van der Waals surface area contributed by atoms with Crippen LogP contribution in [0.15, 0.2) is 24.3 Å². The third-order valence-electron chi connectivity index (χ3n) is 3.56. The van der Waals surface area contributed by atoms with E-state index in [0.717, 1.165) is 29.9 Å². The number of anilines is 1. The van der Waals surface area contributed by atoms with Crippen molar-refractivity contribution in [3.8, 4) is 0 Å². The monoisotopic (exact) mass is 243 g/mol. The zero-order chi connectivity index (χ0) is 13.2. The van der Waals surface area contributed by atoms with E-state index in [4.69, 9.17) is 0 Å². The van der Waals surface area contributed by atoms with Crippen LogP contribution in [0.3, 0.4) is 0 Å². The fourth-order valence-electron chi connectivity index (χ4n) is 1.82. The minimum absolute atomic E-state index is 0.271. The molecule has 0 saturated carbocycles. The maximum atomic E-state index is 4.28. The number of rotatable bonds is 4. The average Bonchev–Trinajstić information content (AvgIpc) is 2.38. The van der Waals surface area contributed by atoms with Gasteiger partial charge in [0.15, 0.2) is 5.82 Å². The number of nitrogens with one attached hydrogen (secondary N) is 1. The summed E-state index contributed by atoms with van der Waals surface area (Å²) in [5.74, 6) is 0.887. The molecule has 0 bridgehead atoms. The first kappa shape index (κ1) is 12.8. The van der Waals surface area contributed by atoms with Crippen LogP contribution in [0.2, 0.25) is 0 Å². The van der Waals surface area contributed by atoms with Crippen LogP contribution in [0.4, 0.5) is 5.82 Å². The van der Waals surface area contributed by atoms with Crippen molar-refractivity contribution in [3.63, 3.8) is 0 Å². The number of benzene rings is 1. The number of nitrogens with zero attached hydrogens (tertiary/aromatic N) is 2. The van der Waals surface area contributed by atoms with Crippen LogP contribution in [0.1, 0.15) is 32.9 Å². The van der Waals surface area contributed by atoms with Gasteiger partial charge in [-0.15, -0.1) is 5.10 Å². The molecular weight excluding hydrogens is 222 g/mol. The molecule has 3 nitrogen and oxygen atoms in total. The maximum Gasteiger partial charge on any atom is 0.156 e. The molecule has 0 unspecified atom stereocenters. The van der Waals surface area contributed by atoms with E-state index in [9.17, 15) is 0 Å². The number of aromatic nitrogens is 2. The molecule has 0 aliphatic heterocycles. The standard InChI is InChI=1S/C15H21N3/c1-5-15(3,4)10-16-14-13-9-7-6-8-12(13)11(2)17-18-14/h6-9H,5,10H2,1-4H3,(H,16,18). The third-order valence-corrected chi connectivity index (χ3v) is 3.56. The molecule has 0 aliphatic carbocycles. The van der Waals surface area contributed by atoms with Crippen LogP contribution in [-0.2, 0) is 0 Å². The summed E-state index contributed by atoms with van der Waals surface area (Å²) in [6.45, 7) is 9.62. The molecule has 1 aromatic carbocycles. The number of hydrogen-bond donors (Lipinski definition) is 1. The van der Waals surface area contributed by atoms with Crippen molar-refractivity contribution in [2.75, 3.05) is 11.9 Å². The molecule has 1 aromatic heterocycles. The molecule has 0 aliphatic rings. The normalized spacial score (nSPS) is 11.8. The van der Waals surface area contributed by atoms with Gasteiger partial charge in [0.25, 0.3) is 0 Å². The minimum atomic E-state index is 0.271. The van der Waals surface area contributed by atoms with E-state index < -0.39 is 0 Å². The fourth-order valence-corrected chi connectivity index (χ4v) is 1.82. The molecule has 1 N–H and O–H groups in total. The number of hydrogen-bond acceptors (Lipinski definition) is 3. The summed E-state index contributed by atoms with van der Waals surface area (Å²) in [5.41, 5.74) is 1.25. The van der Waals surface area contributed by atoms with E-state index in [-0.39, 0.29) is 5.41 Å². The summed E-state index contributed by atoms with van der Waals surface area (Å²) in [7, 11) is 0. The first-order valence-electron chi connectivity index (χ1n) is 6.49. The highest BCUT2D eigenvalue weighted by atomic mass is 15.2. The summed E-state index contributed by atoms with van der Waals surface area (Å²) < 4.78 is 0. The molecule has 2 rings (SSSR count). The molecule has 0 atom stereocenters. The van der Waals surface area contributed by atoms with E-state index in [1.54, 1.807) is 0 Å². The quantitative estimate of drug-likeness (QED) is 0.887. The van der Waals surface area contributed by atoms with Gasteiger partial charge in [-0.1, -0.05) is 45.0 Å². The highest BCUT2D eigenvalue weighted by molar-refractivity contribution is 5.92. The van der Waals surface area contributed by atoms with Crippen molar-refractivity contribution in [1.82, 2.24) is 10.2 Å². The van der Waals surface area contributed by atoms with E-state index >= 15 is 0 Å². The second kappa shape index (κ2) is 4.92. The maximum absolute atomic E-state index is 4.28. The number of aryl methyl sites for hydroxylation is 1. The van der Waals surface area contributed by atoms with Crippen molar-refractivity contribution >= 4 is 16.6 Å². The Bertz CT molecular complexity index is 546. The van der Waals surface area contributed by atoms with Crippen LogP contribution >= 0.6 is 0 Å². The van der Waals surface area contributed by atoms with E-state index in [2.05, 4.69) is 48.4 Å². The predicted octanol–water partition coefficient (Wildman–Crippen LogP) is 3.79. The Kier molecular flexibility index (Phi) is 3.50. The SMILES string of the molecule is CCC(C)(C)CNc1nnc(C)c2ccccc12. The molecule has 2 aromatic rings. The minimum Gasteiger partial charge on any atom is -0.368 e. The van der Waals surface area contributed by atoms with E-state index in [0.29, 0.717) is 0 Å². The lowest BCUT2D eigenvalue weighted by Gasteiger charge is -2.23. The summed E-state index contributed by atoms with van der Waals surface area (Å²) in [6.07, 6.45) is 1.14. The zero-order valence-electron chi connectivity index (χ0n) is 11.6. The Balaban J connectivity index is 2.32. The molecule has 0 radical (unpaired) electrons. The van der Waals surface area contributed by atoms with Gasteiger partial charge in [0.2, 0.25) is 0 Å². The third kappa shape index (κ3) is 2.61. The van der Waals surface area contributed by atoms with E-state index in [1.165, 1.54) is 5.39 Å². The van der Waals surface area contributed by atoms with Gasteiger partial charge in [-0.25, -0.2) is 0 Å². The van der Waals surface area contributed by atoms with Crippen molar-refractivity contribution in [2.24, 2.45) is 5.41 Å². The van der Waals surface area contributed by atoms with Gasteiger partial charge < -0.3 is 5.32 Å². The van der Waals surface area contributed by atoms with Crippen molar-refractivity contribution in [2.45, 2.75) is 34.1 Å². The largest absolute Gasteiger partial charge is 0.368 e. The van der Waals surface area contributed by atoms with Gasteiger partial charge in [0.1, 0.15) is 0 Å². The van der Waals surface area contributed by atoms with Crippen molar-refractivity contribution in [3.05, 3.63) is 30.0 Å². The van der Waals surface area contributed by atoms with Gasteiger partial charge in [0, 0.05) is 17.3 Å². The second-order valence-corrected chi connectivity index (χ2v) is 5.55. The van der Waals surface area contributed by atoms with Gasteiger partial charge in [-0.3, -0.25) is 0 Å². The van der Waals surface area contributed by atoms with Gasteiger partial charge in [0.05, 0.1) is 5.69 Å². The molecule has 18 heavy (non-hydrogen) atoms. The van der Waals surface area contributed by atoms with E-state index in [1.807, 2.05) is 19.1 Å². The Morgan fingerprint density at radius 3 is 2.44 bits per heavy atom. The van der Waals surface area contributed by atoms with Crippen LogP contribution < -0.4 is 5.32 Å². The molecule has 0 fully saturated rings. The highest BCUT2D eigenvalue weighted by Crippen LogP contribution is 2.25. The second-order valence-electron chi connectivity index (χ2n) is 5.55. The molecule has 0 amide bonds. The lowest BCUT2D eigenvalue weighted by molar-refractivity contribution is 0.376. The smallest absolute Gasteiger partial charge is 0.156 e. The highest BCUT2D eigenvalue weighted by Gasteiger charge is 2.15. The first-order chi connectivity index (χ1) is 8.53. The molecule has 1 heterocycles. The fraction of sp³-hybridized carbons (Fsp3) is 0.467. The van der Waals surface area contributed by atoms with Crippen LogP contribution in [-0.4, -0.2) is 16.7 Å². The number of fused-ring (bicyclic) bond motifs is 1. The molecular formula is C15H21N3. The summed E-state index contributed by atoms with van der Waals surface area (Å²) in [6, 6.07) is 8.27. The Morgan fingerprint density at radius 2 is 1.78 bits per heavy atom. The average molecular weight is 243 g/mol.